The van der Waals surface area contributed by atoms with Crippen molar-refractivity contribution in [2.24, 2.45) is 0 Å². The summed E-state index contributed by atoms with van der Waals surface area (Å²) in [5.41, 5.74) is 2.57. The van der Waals surface area contributed by atoms with Crippen molar-refractivity contribution in [1.29, 1.82) is 0 Å². The summed E-state index contributed by atoms with van der Waals surface area (Å²) in [6, 6.07) is 3.74. The molecule has 8 nitrogen and oxygen atoms in total. The molecule has 2 heterocycles. The Hall–Kier alpha value is -2.74. The zero-order chi connectivity index (χ0) is 23.5. The number of carbonyl (C=O) groups excluding carboxylic acids is 1. The fourth-order valence-electron chi connectivity index (χ4n) is 3.98. The molecule has 32 heavy (non-hydrogen) atoms. The van der Waals surface area contributed by atoms with E-state index in [9.17, 15) is 4.79 Å². The molecule has 0 bridgehead atoms. The van der Waals surface area contributed by atoms with Crippen LogP contribution in [-0.2, 0) is 17.6 Å². The van der Waals surface area contributed by atoms with Crippen LogP contribution in [0.15, 0.2) is 18.3 Å². The van der Waals surface area contributed by atoms with Crippen LogP contribution in [0.3, 0.4) is 0 Å². The number of likely N-dealkylation sites (N-methyl/N-ethyl adjacent to an activating group) is 2. The predicted molar refractivity (Wildman–Crippen MR) is 127 cm³/mol. The van der Waals surface area contributed by atoms with Crippen LogP contribution in [0, 0.1) is 0 Å². The van der Waals surface area contributed by atoms with Gasteiger partial charge in [0.15, 0.2) is 5.82 Å². The van der Waals surface area contributed by atoms with Gasteiger partial charge >= 0.3 is 0 Å². The maximum absolute atomic E-state index is 12.5. The Balaban J connectivity index is 1.86. The number of pyridine rings is 1. The number of hydrogen-bond acceptors (Lipinski definition) is 7. The van der Waals surface area contributed by atoms with Crippen LogP contribution in [0.25, 0.3) is 11.5 Å². The Morgan fingerprint density at radius 1 is 1.22 bits per heavy atom. The van der Waals surface area contributed by atoms with Gasteiger partial charge in [0.1, 0.15) is 23.4 Å². The molecule has 1 atom stereocenters. The van der Waals surface area contributed by atoms with Crippen molar-refractivity contribution in [3.8, 4) is 17.3 Å². The smallest absolute Gasteiger partial charge is 0.239 e. The van der Waals surface area contributed by atoms with E-state index in [4.69, 9.17) is 14.7 Å². The molecular weight excluding hydrogens is 404 g/mol. The summed E-state index contributed by atoms with van der Waals surface area (Å²) in [5, 5.41) is 3.02. The number of aryl methyl sites for hydroxylation is 1. The van der Waals surface area contributed by atoms with Gasteiger partial charge in [0.05, 0.1) is 6.54 Å². The Morgan fingerprint density at radius 2 is 1.97 bits per heavy atom. The van der Waals surface area contributed by atoms with E-state index in [1.54, 1.807) is 6.20 Å². The molecule has 0 spiro atoms. The molecule has 0 radical (unpaired) electrons. The summed E-state index contributed by atoms with van der Waals surface area (Å²) in [7, 11) is 5.95. The minimum Gasteiger partial charge on any atom is -0.489 e. The summed E-state index contributed by atoms with van der Waals surface area (Å²) >= 11 is 0. The molecule has 0 saturated carbocycles. The quantitative estimate of drug-likeness (QED) is 0.676. The van der Waals surface area contributed by atoms with Gasteiger partial charge in [-0.25, -0.2) is 9.97 Å². The van der Waals surface area contributed by atoms with E-state index >= 15 is 0 Å². The van der Waals surface area contributed by atoms with Crippen LogP contribution in [0.4, 0.5) is 5.82 Å². The molecule has 0 aromatic carbocycles. The third kappa shape index (κ3) is 6.38. The van der Waals surface area contributed by atoms with E-state index in [-0.39, 0.29) is 24.1 Å². The summed E-state index contributed by atoms with van der Waals surface area (Å²) in [5.74, 6) is 2.08. The lowest BCUT2D eigenvalue weighted by atomic mass is 10.1. The molecule has 1 aliphatic carbocycles. The van der Waals surface area contributed by atoms with Crippen molar-refractivity contribution < 1.29 is 9.53 Å². The zero-order valence-corrected chi connectivity index (χ0v) is 20.4. The highest BCUT2D eigenvalue weighted by molar-refractivity contribution is 5.82. The highest BCUT2D eigenvalue weighted by Crippen LogP contribution is 2.31. The van der Waals surface area contributed by atoms with Crippen LogP contribution >= 0.6 is 0 Å². The normalized spacial score (nSPS) is 14.2. The number of anilines is 1. The number of carbonyl (C=O) groups is 1. The van der Waals surface area contributed by atoms with E-state index in [0.29, 0.717) is 11.5 Å². The van der Waals surface area contributed by atoms with Crippen LogP contribution in [0.1, 0.15) is 45.4 Å². The summed E-state index contributed by atoms with van der Waals surface area (Å²) in [6.45, 7) is 9.03. The van der Waals surface area contributed by atoms with Gasteiger partial charge in [-0.1, -0.05) is 0 Å². The number of nitrogens with one attached hydrogen (secondary N) is 1. The van der Waals surface area contributed by atoms with Crippen molar-refractivity contribution in [3.05, 3.63) is 29.6 Å². The highest BCUT2D eigenvalue weighted by atomic mass is 16.5. The monoisotopic (exact) mass is 440 g/mol. The predicted octanol–water partition coefficient (Wildman–Crippen LogP) is 2.71. The van der Waals surface area contributed by atoms with Crippen molar-refractivity contribution >= 4 is 11.7 Å². The molecule has 3 rings (SSSR count). The van der Waals surface area contributed by atoms with E-state index in [0.717, 1.165) is 48.6 Å². The number of fused-ring (bicyclic) bond motifs is 1. The SMILES string of the molecule is CC(CN(C)C)Oc1ccnc(-c2nc3c(c(N(C)CC(=O)NC(C)(C)C)n2)CCC3)c1. The molecule has 2 aromatic rings. The van der Waals surface area contributed by atoms with Gasteiger partial charge in [-0.2, -0.15) is 0 Å². The summed E-state index contributed by atoms with van der Waals surface area (Å²) in [4.78, 5) is 30.6. The molecule has 0 aliphatic heterocycles. The molecule has 8 heteroatoms. The number of rotatable bonds is 8. The Morgan fingerprint density at radius 3 is 2.66 bits per heavy atom. The maximum Gasteiger partial charge on any atom is 0.239 e. The number of nitrogens with zero attached hydrogens (tertiary/aromatic N) is 5. The van der Waals surface area contributed by atoms with Crippen LogP contribution < -0.4 is 15.0 Å². The van der Waals surface area contributed by atoms with E-state index in [1.807, 2.05) is 65.9 Å². The molecule has 0 fully saturated rings. The van der Waals surface area contributed by atoms with Crippen molar-refractivity contribution in [3.63, 3.8) is 0 Å². The second kappa shape index (κ2) is 9.81. The average Bonchev–Trinajstić information content (AvgIpc) is 3.13. The van der Waals surface area contributed by atoms with Crippen LogP contribution in [0.5, 0.6) is 5.75 Å². The lowest BCUT2D eigenvalue weighted by molar-refractivity contribution is -0.121. The standard InChI is InChI=1S/C24H36N6O2/c1-16(14-29(5)6)32-17-11-12-25-20(13-17)22-26-19-10-8-9-18(19)23(27-22)30(7)15-21(31)28-24(2,3)4/h11-13,16H,8-10,14-15H2,1-7H3,(H,28,31). The fourth-order valence-corrected chi connectivity index (χ4v) is 3.98. The highest BCUT2D eigenvalue weighted by Gasteiger charge is 2.24. The maximum atomic E-state index is 12.5. The van der Waals surface area contributed by atoms with Crippen molar-refractivity contribution in [2.45, 2.75) is 58.6 Å². The molecule has 1 amide bonds. The first kappa shape index (κ1) is 23.9. The van der Waals surface area contributed by atoms with Crippen LogP contribution in [-0.4, -0.2) is 71.6 Å². The first-order chi connectivity index (χ1) is 15.0. The number of aromatic nitrogens is 3. The first-order valence-corrected chi connectivity index (χ1v) is 11.2. The molecule has 2 aromatic heterocycles. The van der Waals surface area contributed by atoms with Gasteiger partial charge in [0.2, 0.25) is 5.91 Å². The molecule has 1 unspecified atom stereocenters. The molecular formula is C24H36N6O2. The largest absolute Gasteiger partial charge is 0.489 e. The van der Waals surface area contributed by atoms with E-state index in [2.05, 4.69) is 15.2 Å². The summed E-state index contributed by atoms with van der Waals surface area (Å²) in [6.07, 6.45) is 4.65. The van der Waals surface area contributed by atoms with Gasteiger partial charge in [-0.05, 0) is 67.1 Å². The zero-order valence-electron chi connectivity index (χ0n) is 20.4. The van der Waals surface area contributed by atoms with E-state index < -0.39 is 0 Å². The lowest BCUT2D eigenvalue weighted by Crippen LogP contribution is -2.45. The lowest BCUT2D eigenvalue weighted by Gasteiger charge is -2.25. The van der Waals surface area contributed by atoms with Gasteiger partial charge in [0.25, 0.3) is 0 Å². The van der Waals surface area contributed by atoms with Gasteiger partial charge in [0, 0.05) is 42.7 Å². The molecule has 0 saturated heterocycles. The van der Waals surface area contributed by atoms with Gasteiger partial charge in [-0.3, -0.25) is 9.78 Å². The van der Waals surface area contributed by atoms with Gasteiger partial charge in [-0.15, -0.1) is 0 Å². The number of ether oxygens (including phenoxy) is 1. The third-order valence-electron chi connectivity index (χ3n) is 5.09. The number of hydrogen-bond donors (Lipinski definition) is 1. The van der Waals surface area contributed by atoms with Crippen molar-refractivity contribution in [2.75, 3.05) is 39.1 Å². The topological polar surface area (TPSA) is 83.5 Å². The molecule has 174 valence electrons. The fraction of sp³-hybridized carbons (Fsp3) is 0.583. The number of amides is 1. The Kier molecular flexibility index (Phi) is 7.33. The van der Waals surface area contributed by atoms with Gasteiger partial charge < -0.3 is 19.9 Å². The van der Waals surface area contributed by atoms with Crippen molar-refractivity contribution in [1.82, 2.24) is 25.2 Å². The minimum atomic E-state index is -0.273. The second-order valence-electron chi connectivity index (χ2n) is 9.87. The van der Waals surface area contributed by atoms with Crippen LogP contribution in [0.2, 0.25) is 0 Å². The summed E-state index contributed by atoms with van der Waals surface area (Å²) < 4.78 is 6.06. The molecule has 1 N–H and O–H groups in total. The minimum absolute atomic E-state index is 0.0321. The average molecular weight is 441 g/mol. The third-order valence-corrected chi connectivity index (χ3v) is 5.09. The molecule has 1 aliphatic rings. The second-order valence-corrected chi connectivity index (χ2v) is 9.87. The first-order valence-electron chi connectivity index (χ1n) is 11.2. The Bertz CT molecular complexity index is 954. The Labute approximate surface area is 191 Å². The van der Waals surface area contributed by atoms with E-state index in [1.165, 1.54) is 0 Å².